The summed E-state index contributed by atoms with van der Waals surface area (Å²) in [6, 6.07) is -0.502. The highest BCUT2D eigenvalue weighted by atomic mass is 16.2. The molecule has 1 saturated heterocycles. The molecule has 1 aliphatic heterocycles. The van der Waals surface area contributed by atoms with Gasteiger partial charge in [-0.3, -0.25) is 20.4 Å². The van der Waals surface area contributed by atoms with Gasteiger partial charge in [0.2, 0.25) is 0 Å². The van der Waals surface area contributed by atoms with Crippen LogP contribution >= 0.6 is 0 Å². The number of amidine groups is 1. The molecule has 0 aromatic heterocycles. The Bertz CT molecular complexity index is 211. The van der Waals surface area contributed by atoms with Crippen molar-refractivity contribution in [2.75, 3.05) is 6.54 Å². The van der Waals surface area contributed by atoms with Crippen LogP contribution in [0.2, 0.25) is 0 Å². The number of carbonyl (C=O) groups is 2. The summed E-state index contributed by atoms with van der Waals surface area (Å²) < 4.78 is 0. The minimum atomic E-state index is -0.619. The third-order valence-corrected chi connectivity index (χ3v) is 1.27. The number of hydrogen-bond donors (Lipinski definition) is 2. The monoisotopic (exact) mass is 141 g/mol. The van der Waals surface area contributed by atoms with Gasteiger partial charge >= 0.3 is 6.03 Å². The first kappa shape index (κ1) is 6.73. The van der Waals surface area contributed by atoms with Crippen LogP contribution in [-0.4, -0.2) is 29.2 Å². The zero-order valence-corrected chi connectivity index (χ0v) is 5.47. The van der Waals surface area contributed by atoms with Crippen LogP contribution in [0.3, 0.4) is 0 Å². The molecule has 1 aliphatic rings. The van der Waals surface area contributed by atoms with Gasteiger partial charge in [-0.25, -0.2) is 4.79 Å². The van der Waals surface area contributed by atoms with Gasteiger partial charge in [-0.2, -0.15) is 0 Å². The molecule has 0 atom stereocenters. The second-order valence-electron chi connectivity index (χ2n) is 1.85. The number of carbonyl (C=O) groups excluding carboxylic acids is 2. The second kappa shape index (κ2) is 2.09. The Hall–Kier alpha value is -1.39. The topological polar surface area (TPSA) is 73.3 Å². The number of nitrogens with zero attached hydrogens (tertiary/aromatic N) is 1. The number of nitrogens with one attached hydrogen (secondary N) is 2. The van der Waals surface area contributed by atoms with Crippen LogP contribution < -0.4 is 5.32 Å². The zero-order chi connectivity index (χ0) is 7.72. The van der Waals surface area contributed by atoms with E-state index < -0.39 is 11.9 Å². The van der Waals surface area contributed by atoms with Crippen molar-refractivity contribution in [3.05, 3.63) is 0 Å². The van der Waals surface area contributed by atoms with E-state index in [0.717, 1.165) is 4.90 Å². The summed E-state index contributed by atoms with van der Waals surface area (Å²) in [5.41, 5.74) is 0. The maximum absolute atomic E-state index is 10.7. The molecule has 5 nitrogen and oxygen atoms in total. The second-order valence-corrected chi connectivity index (χ2v) is 1.85. The number of amides is 3. The standard InChI is InChI=1S/C5H7N3O2/c1-2-8-3(6)4(9)7-5(8)10/h6H,2H2,1H3,(H,7,9,10). The third kappa shape index (κ3) is 0.754. The minimum Gasteiger partial charge on any atom is -0.279 e. The zero-order valence-electron chi connectivity index (χ0n) is 5.47. The van der Waals surface area contributed by atoms with Gasteiger partial charge in [-0.15, -0.1) is 0 Å². The molecule has 3 amide bonds. The van der Waals surface area contributed by atoms with Crippen molar-refractivity contribution < 1.29 is 9.59 Å². The Morgan fingerprint density at radius 1 is 1.60 bits per heavy atom. The van der Waals surface area contributed by atoms with Gasteiger partial charge in [0.15, 0.2) is 5.84 Å². The van der Waals surface area contributed by atoms with Crippen LogP contribution in [0.4, 0.5) is 4.79 Å². The summed E-state index contributed by atoms with van der Waals surface area (Å²) in [5.74, 6) is -0.889. The predicted molar refractivity (Wildman–Crippen MR) is 33.6 cm³/mol. The average molecular weight is 141 g/mol. The summed E-state index contributed by atoms with van der Waals surface area (Å²) >= 11 is 0. The lowest BCUT2D eigenvalue weighted by molar-refractivity contribution is -0.113. The van der Waals surface area contributed by atoms with E-state index in [9.17, 15) is 9.59 Å². The van der Waals surface area contributed by atoms with Gasteiger partial charge in [0, 0.05) is 6.54 Å². The fraction of sp³-hybridized carbons (Fsp3) is 0.400. The van der Waals surface area contributed by atoms with Crippen LogP contribution in [-0.2, 0) is 4.79 Å². The molecule has 0 aliphatic carbocycles. The molecule has 2 N–H and O–H groups in total. The van der Waals surface area contributed by atoms with Crippen molar-refractivity contribution in [1.29, 1.82) is 5.41 Å². The van der Waals surface area contributed by atoms with Crippen molar-refractivity contribution in [2.24, 2.45) is 0 Å². The third-order valence-electron chi connectivity index (χ3n) is 1.27. The van der Waals surface area contributed by atoms with Gasteiger partial charge < -0.3 is 0 Å². The fourth-order valence-corrected chi connectivity index (χ4v) is 0.750. The van der Waals surface area contributed by atoms with E-state index >= 15 is 0 Å². The van der Waals surface area contributed by atoms with Crippen molar-refractivity contribution in [1.82, 2.24) is 10.2 Å². The van der Waals surface area contributed by atoms with E-state index in [-0.39, 0.29) is 5.84 Å². The highest BCUT2D eigenvalue weighted by molar-refractivity contribution is 6.45. The van der Waals surface area contributed by atoms with E-state index in [2.05, 4.69) is 0 Å². The maximum atomic E-state index is 10.7. The van der Waals surface area contributed by atoms with Gasteiger partial charge in [-0.1, -0.05) is 0 Å². The average Bonchev–Trinajstić information content (AvgIpc) is 2.09. The van der Waals surface area contributed by atoms with E-state index in [1.165, 1.54) is 0 Å². The van der Waals surface area contributed by atoms with Gasteiger partial charge in [0.25, 0.3) is 5.91 Å². The van der Waals surface area contributed by atoms with Crippen LogP contribution in [0.25, 0.3) is 0 Å². The first-order valence-corrected chi connectivity index (χ1v) is 2.88. The molecule has 0 unspecified atom stereocenters. The molecule has 0 aromatic rings. The highest BCUT2D eigenvalue weighted by Gasteiger charge is 2.31. The van der Waals surface area contributed by atoms with E-state index in [4.69, 9.17) is 5.41 Å². The molecule has 0 bridgehead atoms. The summed E-state index contributed by atoms with van der Waals surface area (Å²) in [6.45, 7) is 2.06. The maximum Gasteiger partial charge on any atom is 0.330 e. The first-order valence-electron chi connectivity index (χ1n) is 2.88. The van der Waals surface area contributed by atoms with Crippen LogP contribution in [0.5, 0.6) is 0 Å². The molecule has 0 radical (unpaired) electrons. The lowest BCUT2D eigenvalue weighted by atomic mass is 10.5. The van der Waals surface area contributed by atoms with Gasteiger partial charge in [-0.05, 0) is 6.92 Å². The molecular weight excluding hydrogens is 134 g/mol. The van der Waals surface area contributed by atoms with Crippen LogP contribution in [0.1, 0.15) is 6.92 Å². The van der Waals surface area contributed by atoms with E-state index in [1.54, 1.807) is 6.92 Å². The Balaban J connectivity index is 2.84. The van der Waals surface area contributed by atoms with Crippen LogP contribution in [0.15, 0.2) is 0 Å². The highest BCUT2D eigenvalue weighted by Crippen LogP contribution is 1.98. The summed E-state index contributed by atoms with van der Waals surface area (Å²) in [6.07, 6.45) is 0. The van der Waals surface area contributed by atoms with E-state index in [0.29, 0.717) is 6.54 Å². The van der Waals surface area contributed by atoms with Gasteiger partial charge in [0.1, 0.15) is 0 Å². The number of rotatable bonds is 1. The van der Waals surface area contributed by atoms with Crippen molar-refractivity contribution in [3.63, 3.8) is 0 Å². The first-order chi connectivity index (χ1) is 4.66. The Labute approximate surface area is 57.5 Å². The fourth-order valence-electron chi connectivity index (χ4n) is 0.750. The molecular formula is C5H7N3O2. The Kier molecular flexibility index (Phi) is 1.41. The molecule has 0 aromatic carbocycles. The SMILES string of the molecule is CCN1C(=N)C(=O)NC1=O. The lowest BCUT2D eigenvalue weighted by Crippen LogP contribution is -2.30. The van der Waals surface area contributed by atoms with Crippen LogP contribution in [0, 0.1) is 5.41 Å². The number of likely N-dealkylation sites (N-methyl/N-ethyl adjacent to an activating group) is 1. The number of imide groups is 1. The van der Waals surface area contributed by atoms with Crippen molar-refractivity contribution in [3.8, 4) is 0 Å². The number of hydrogen-bond acceptors (Lipinski definition) is 3. The molecule has 1 heterocycles. The summed E-state index contributed by atoms with van der Waals surface area (Å²) in [4.78, 5) is 22.3. The molecule has 0 spiro atoms. The molecule has 54 valence electrons. The summed E-state index contributed by atoms with van der Waals surface area (Å²) in [5, 5.41) is 9.03. The summed E-state index contributed by atoms with van der Waals surface area (Å²) in [7, 11) is 0. The normalized spacial score (nSPS) is 18.1. The number of urea groups is 1. The molecule has 1 rings (SSSR count). The van der Waals surface area contributed by atoms with Crippen molar-refractivity contribution >= 4 is 17.8 Å². The molecule has 0 saturated carbocycles. The largest absolute Gasteiger partial charge is 0.330 e. The lowest BCUT2D eigenvalue weighted by Gasteiger charge is -2.07. The smallest absolute Gasteiger partial charge is 0.279 e. The molecule has 10 heavy (non-hydrogen) atoms. The van der Waals surface area contributed by atoms with Crippen molar-refractivity contribution in [2.45, 2.75) is 6.92 Å². The molecule has 5 heteroatoms. The minimum absolute atomic E-state index is 0.271. The molecule has 1 fully saturated rings. The van der Waals surface area contributed by atoms with Gasteiger partial charge in [0.05, 0.1) is 0 Å². The Morgan fingerprint density at radius 3 is 2.40 bits per heavy atom. The Morgan fingerprint density at radius 2 is 2.20 bits per heavy atom. The van der Waals surface area contributed by atoms with E-state index in [1.807, 2.05) is 5.32 Å². The quantitative estimate of drug-likeness (QED) is 0.485. The predicted octanol–water partition coefficient (Wildman–Crippen LogP) is -0.465.